The van der Waals surface area contributed by atoms with Crippen LogP contribution >= 0.6 is 0 Å². The van der Waals surface area contributed by atoms with Crippen LogP contribution in [0.3, 0.4) is 0 Å². The zero-order chi connectivity index (χ0) is 20.2. The van der Waals surface area contributed by atoms with Crippen LogP contribution in [-0.2, 0) is 35.6 Å². The number of cyclic esters (lactones) is 1. The van der Waals surface area contributed by atoms with Crippen LogP contribution in [0.4, 0.5) is 0 Å². The third-order valence-corrected chi connectivity index (χ3v) is 5.44. The van der Waals surface area contributed by atoms with Crippen molar-refractivity contribution in [3.63, 3.8) is 0 Å². The third kappa shape index (κ3) is 5.06. The van der Waals surface area contributed by atoms with Gasteiger partial charge in [0.15, 0.2) is 11.4 Å². The van der Waals surface area contributed by atoms with Crippen LogP contribution in [0.1, 0.15) is 33.3 Å². The molecule has 0 radical (unpaired) electrons. The lowest BCUT2D eigenvalue weighted by Crippen LogP contribution is -2.64. The number of ether oxygens (including phenoxy) is 2. The number of nitrogens with zero attached hydrogens (tertiary/aromatic N) is 1. The molecule has 1 aromatic rings. The summed E-state index contributed by atoms with van der Waals surface area (Å²) in [5.74, 6) is -2.87. The molecule has 0 unspecified atom stereocenters. The van der Waals surface area contributed by atoms with Gasteiger partial charge in [-0.15, -0.1) is 0 Å². The molecule has 2 rings (SSSR count). The summed E-state index contributed by atoms with van der Waals surface area (Å²) in [6, 6.07) is 9.34. The van der Waals surface area contributed by atoms with Gasteiger partial charge in [-0.05, 0) is 25.3 Å². The number of hydrogen-bond acceptors (Lipinski definition) is 7. The highest BCUT2D eigenvalue weighted by Gasteiger charge is 2.55. The quantitative estimate of drug-likeness (QED) is 0.657. The first-order chi connectivity index (χ1) is 12.6. The summed E-state index contributed by atoms with van der Waals surface area (Å²) in [7, 11) is -4.14. The van der Waals surface area contributed by atoms with Crippen molar-refractivity contribution in [1.29, 1.82) is 0 Å². The van der Waals surface area contributed by atoms with Crippen molar-refractivity contribution in [3.05, 3.63) is 35.9 Å². The fraction of sp³-hybridized carbons (Fsp3) is 0.556. The molecule has 0 saturated carbocycles. The van der Waals surface area contributed by atoms with E-state index in [1.165, 1.54) is 0 Å². The van der Waals surface area contributed by atoms with E-state index >= 15 is 0 Å². The average Bonchev–Trinajstić information content (AvgIpc) is 2.84. The monoisotopic (exact) mass is 398 g/mol. The first-order valence-corrected chi connectivity index (χ1v) is 10.4. The van der Waals surface area contributed by atoms with Crippen LogP contribution in [0.25, 0.3) is 0 Å². The summed E-state index contributed by atoms with van der Waals surface area (Å²) < 4.78 is 37.7. The van der Waals surface area contributed by atoms with Crippen molar-refractivity contribution in [2.24, 2.45) is 5.92 Å². The number of esters is 2. The van der Waals surface area contributed by atoms with Gasteiger partial charge in [0.2, 0.25) is 10.0 Å². The van der Waals surface area contributed by atoms with E-state index in [0.717, 1.165) is 5.56 Å². The summed E-state index contributed by atoms with van der Waals surface area (Å²) in [5, 5.41) is 0. The minimum atomic E-state index is -4.14. The molecule has 9 heteroatoms. The average molecular weight is 398 g/mol. The Morgan fingerprint density at radius 2 is 1.89 bits per heavy atom. The first kappa shape index (κ1) is 21.3. The number of carbonyl (C=O) groups is 2. The van der Waals surface area contributed by atoms with Crippen LogP contribution in [0.15, 0.2) is 30.3 Å². The predicted octanol–water partition coefficient (Wildman–Crippen LogP) is 1.23. The summed E-state index contributed by atoms with van der Waals surface area (Å²) in [4.78, 5) is 26.0. The van der Waals surface area contributed by atoms with Gasteiger partial charge < -0.3 is 9.47 Å². The Balaban J connectivity index is 2.28. The molecule has 1 heterocycles. The Bertz CT molecular complexity index is 778. The van der Waals surface area contributed by atoms with E-state index < -0.39 is 45.4 Å². The second-order valence-electron chi connectivity index (χ2n) is 7.07. The molecule has 1 aliphatic rings. The lowest BCUT2D eigenvalue weighted by Gasteiger charge is -2.37. The van der Waals surface area contributed by atoms with Gasteiger partial charge in [-0.25, -0.2) is 18.1 Å². The SMILES string of the molecule is CC(C)OC(=O)CS(=O)(=O)N[C@]1(C(C)C)C(=O)OCN1Cc1ccccc1. The molecule has 0 amide bonds. The molecule has 1 fully saturated rings. The normalized spacial score (nSPS) is 20.9. The van der Waals surface area contributed by atoms with Gasteiger partial charge >= 0.3 is 11.9 Å². The number of carbonyl (C=O) groups excluding carboxylic acids is 2. The number of hydrogen-bond donors (Lipinski definition) is 1. The number of nitrogens with one attached hydrogen (secondary N) is 1. The zero-order valence-electron chi connectivity index (χ0n) is 16.0. The van der Waals surface area contributed by atoms with Gasteiger partial charge in [0.1, 0.15) is 6.73 Å². The van der Waals surface area contributed by atoms with Gasteiger partial charge in [-0.1, -0.05) is 44.2 Å². The molecule has 0 aliphatic carbocycles. The van der Waals surface area contributed by atoms with E-state index in [2.05, 4.69) is 4.72 Å². The van der Waals surface area contributed by atoms with E-state index in [-0.39, 0.29) is 6.73 Å². The van der Waals surface area contributed by atoms with Gasteiger partial charge in [0.05, 0.1) is 6.10 Å². The van der Waals surface area contributed by atoms with Gasteiger partial charge in [0.25, 0.3) is 0 Å². The number of rotatable bonds is 8. The van der Waals surface area contributed by atoms with Crippen molar-refractivity contribution in [2.45, 2.75) is 46.0 Å². The van der Waals surface area contributed by atoms with Crippen molar-refractivity contribution in [2.75, 3.05) is 12.5 Å². The Morgan fingerprint density at radius 1 is 1.26 bits per heavy atom. The highest BCUT2D eigenvalue weighted by Crippen LogP contribution is 2.31. The van der Waals surface area contributed by atoms with E-state index in [1.54, 1.807) is 32.6 Å². The molecular formula is C18H26N2O6S. The Kier molecular flexibility index (Phi) is 6.61. The standard InChI is InChI=1S/C18H26N2O6S/c1-13(2)18(19-27(23,24)11-16(21)26-14(3)4)17(22)25-12-20(18)10-15-8-6-5-7-9-15/h5-9,13-14,19H,10-12H2,1-4H3/t18-/m0/s1. The minimum absolute atomic E-state index is 0.0507. The molecule has 0 spiro atoms. The second-order valence-corrected chi connectivity index (χ2v) is 8.79. The molecule has 1 N–H and O–H groups in total. The maximum atomic E-state index is 12.6. The van der Waals surface area contributed by atoms with E-state index in [1.807, 2.05) is 30.3 Å². The van der Waals surface area contributed by atoms with Gasteiger partial charge in [0, 0.05) is 6.54 Å². The van der Waals surface area contributed by atoms with Crippen molar-refractivity contribution >= 4 is 22.0 Å². The third-order valence-electron chi connectivity index (χ3n) is 4.20. The van der Waals surface area contributed by atoms with Crippen molar-refractivity contribution < 1.29 is 27.5 Å². The lowest BCUT2D eigenvalue weighted by atomic mass is 9.95. The highest BCUT2D eigenvalue weighted by atomic mass is 32.2. The Labute approximate surface area is 159 Å². The summed E-state index contributed by atoms with van der Waals surface area (Å²) in [6.45, 7) is 6.96. The van der Waals surface area contributed by atoms with E-state index in [4.69, 9.17) is 9.47 Å². The van der Waals surface area contributed by atoms with Crippen LogP contribution in [0.5, 0.6) is 0 Å². The van der Waals surface area contributed by atoms with Gasteiger partial charge in [-0.2, -0.15) is 4.72 Å². The van der Waals surface area contributed by atoms with E-state index in [0.29, 0.717) is 6.54 Å². The van der Waals surface area contributed by atoms with Crippen LogP contribution in [0.2, 0.25) is 0 Å². The second kappa shape index (κ2) is 8.37. The number of sulfonamides is 1. The number of benzene rings is 1. The minimum Gasteiger partial charge on any atom is -0.462 e. The molecule has 150 valence electrons. The van der Waals surface area contributed by atoms with E-state index in [9.17, 15) is 18.0 Å². The van der Waals surface area contributed by atoms with Crippen LogP contribution in [0, 0.1) is 5.92 Å². The molecule has 0 aromatic heterocycles. The van der Waals surface area contributed by atoms with Crippen LogP contribution in [-0.4, -0.2) is 49.5 Å². The van der Waals surface area contributed by atoms with Crippen molar-refractivity contribution in [3.8, 4) is 0 Å². The molecule has 27 heavy (non-hydrogen) atoms. The summed E-state index contributed by atoms with van der Waals surface area (Å²) in [5.41, 5.74) is -0.688. The molecular weight excluding hydrogens is 372 g/mol. The first-order valence-electron chi connectivity index (χ1n) is 8.74. The molecule has 0 bridgehead atoms. The highest BCUT2D eigenvalue weighted by molar-refractivity contribution is 7.90. The maximum absolute atomic E-state index is 12.6. The molecule has 1 aliphatic heterocycles. The Hall–Kier alpha value is -1.97. The lowest BCUT2D eigenvalue weighted by molar-refractivity contribution is -0.146. The zero-order valence-corrected chi connectivity index (χ0v) is 16.8. The topological polar surface area (TPSA) is 102 Å². The fourth-order valence-electron chi connectivity index (χ4n) is 3.00. The van der Waals surface area contributed by atoms with Crippen molar-refractivity contribution in [1.82, 2.24) is 9.62 Å². The molecule has 8 nitrogen and oxygen atoms in total. The summed E-state index contributed by atoms with van der Waals surface area (Å²) in [6.07, 6.45) is -0.433. The largest absolute Gasteiger partial charge is 0.462 e. The summed E-state index contributed by atoms with van der Waals surface area (Å²) >= 11 is 0. The smallest absolute Gasteiger partial charge is 0.344 e. The maximum Gasteiger partial charge on any atom is 0.344 e. The molecule has 1 aromatic carbocycles. The molecule has 1 atom stereocenters. The Morgan fingerprint density at radius 3 is 2.44 bits per heavy atom. The molecule has 1 saturated heterocycles. The van der Waals surface area contributed by atoms with Gasteiger partial charge in [-0.3, -0.25) is 4.79 Å². The predicted molar refractivity (Wildman–Crippen MR) is 98.7 cm³/mol. The van der Waals surface area contributed by atoms with Crippen LogP contribution < -0.4 is 4.72 Å². The fourth-order valence-corrected chi connectivity index (χ4v) is 4.37.